The maximum Gasteiger partial charge on any atom is 0.152 e. The molecule has 0 spiro atoms. The van der Waals surface area contributed by atoms with Crippen LogP contribution in [0.2, 0.25) is 0 Å². The van der Waals surface area contributed by atoms with Crippen LogP contribution in [0.3, 0.4) is 0 Å². The second kappa shape index (κ2) is 4.85. The maximum absolute atomic E-state index is 12.4. The standard InChI is InChI=1S/C15H20OS/c1-11-6-4-7-12(2)13(11)10-14(16)15(3)8-5-9-17-15/h4,6-7H,5,8-10H2,1-3H3. The lowest BCUT2D eigenvalue weighted by Crippen LogP contribution is -2.30. The van der Waals surface area contributed by atoms with Gasteiger partial charge in [-0.1, -0.05) is 18.2 Å². The van der Waals surface area contributed by atoms with E-state index in [1.807, 2.05) is 11.8 Å². The molecule has 0 aliphatic carbocycles. The molecule has 1 unspecified atom stereocenters. The van der Waals surface area contributed by atoms with E-state index in [1.54, 1.807) is 0 Å². The summed E-state index contributed by atoms with van der Waals surface area (Å²) in [6.07, 6.45) is 2.82. The van der Waals surface area contributed by atoms with Gasteiger partial charge in [-0.2, -0.15) is 0 Å². The van der Waals surface area contributed by atoms with E-state index in [0.717, 1.165) is 12.2 Å². The van der Waals surface area contributed by atoms with Crippen LogP contribution in [0.1, 0.15) is 36.5 Å². The molecule has 1 aromatic rings. The first-order valence-electron chi connectivity index (χ1n) is 6.25. The van der Waals surface area contributed by atoms with Gasteiger partial charge in [0.25, 0.3) is 0 Å². The van der Waals surface area contributed by atoms with Gasteiger partial charge in [0.1, 0.15) is 0 Å². The Kier molecular flexibility index (Phi) is 3.62. The maximum atomic E-state index is 12.4. The minimum Gasteiger partial charge on any atom is -0.298 e. The molecule has 0 saturated carbocycles. The van der Waals surface area contributed by atoms with Crippen molar-refractivity contribution in [3.63, 3.8) is 0 Å². The highest BCUT2D eigenvalue weighted by Gasteiger charge is 2.36. The lowest BCUT2D eigenvalue weighted by Gasteiger charge is -2.22. The summed E-state index contributed by atoms with van der Waals surface area (Å²) in [6, 6.07) is 6.25. The first-order valence-corrected chi connectivity index (χ1v) is 7.24. The van der Waals surface area contributed by atoms with Gasteiger partial charge in [0.2, 0.25) is 0 Å². The van der Waals surface area contributed by atoms with E-state index in [4.69, 9.17) is 0 Å². The summed E-state index contributed by atoms with van der Waals surface area (Å²) in [5.41, 5.74) is 3.71. The second-order valence-electron chi connectivity index (χ2n) is 5.15. The monoisotopic (exact) mass is 248 g/mol. The third kappa shape index (κ3) is 2.57. The van der Waals surface area contributed by atoms with E-state index in [1.165, 1.54) is 23.1 Å². The molecule has 1 aromatic carbocycles. The van der Waals surface area contributed by atoms with Crippen LogP contribution in [-0.4, -0.2) is 16.3 Å². The molecule has 1 aliphatic heterocycles. The normalized spacial score (nSPS) is 23.9. The predicted octanol–water partition coefficient (Wildman–Crippen LogP) is 3.70. The molecule has 0 radical (unpaired) electrons. The largest absolute Gasteiger partial charge is 0.298 e. The fraction of sp³-hybridized carbons (Fsp3) is 0.533. The third-order valence-electron chi connectivity index (χ3n) is 3.79. The summed E-state index contributed by atoms with van der Waals surface area (Å²) in [6.45, 7) is 6.31. The van der Waals surface area contributed by atoms with Crippen molar-refractivity contribution in [3.8, 4) is 0 Å². The molecule has 1 fully saturated rings. The van der Waals surface area contributed by atoms with Crippen LogP contribution in [0.4, 0.5) is 0 Å². The smallest absolute Gasteiger partial charge is 0.152 e. The van der Waals surface area contributed by atoms with Crippen molar-refractivity contribution in [2.24, 2.45) is 0 Å². The molecule has 0 bridgehead atoms. The Morgan fingerprint density at radius 1 is 1.35 bits per heavy atom. The van der Waals surface area contributed by atoms with Crippen LogP contribution in [0, 0.1) is 13.8 Å². The fourth-order valence-corrected chi connectivity index (χ4v) is 3.74. The van der Waals surface area contributed by atoms with Gasteiger partial charge in [0, 0.05) is 6.42 Å². The number of carbonyl (C=O) groups is 1. The molecule has 2 heteroatoms. The average molecular weight is 248 g/mol. The van der Waals surface area contributed by atoms with Gasteiger partial charge in [-0.15, -0.1) is 11.8 Å². The van der Waals surface area contributed by atoms with E-state index >= 15 is 0 Å². The predicted molar refractivity (Wildman–Crippen MR) is 74.7 cm³/mol. The molecule has 1 nitrogen and oxygen atoms in total. The van der Waals surface area contributed by atoms with Crippen LogP contribution >= 0.6 is 11.8 Å². The summed E-state index contributed by atoms with van der Waals surface area (Å²) >= 11 is 1.83. The number of rotatable bonds is 3. The molecule has 17 heavy (non-hydrogen) atoms. The summed E-state index contributed by atoms with van der Waals surface area (Å²) in [5, 5.41) is 0. The van der Waals surface area contributed by atoms with E-state index in [0.29, 0.717) is 12.2 Å². The van der Waals surface area contributed by atoms with Crippen molar-refractivity contribution < 1.29 is 4.79 Å². The molecule has 0 amide bonds. The van der Waals surface area contributed by atoms with Crippen molar-refractivity contribution >= 4 is 17.5 Å². The molecular formula is C15H20OS. The molecular weight excluding hydrogens is 228 g/mol. The van der Waals surface area contributed by atoms with Crippen LogP contribution < -0.4 is 0 Å². The number of hydrogen-bond acceptors (Lipinski definition) is 2. The molecule has 1 aliphatic rings. The SMILES string of the molecule is Cc1cccc(C)c1CC(=O)C1(C)CCCS1. The molecule has 1 heterocycles. The average Bonchev–Trinajstić information content (AvgIpc) is 2.72. The van der Waals surface area contributed by atoms with Gasteiger partial charge in [0.15, 0.2) is 5.78 Å². The summed E-state index contributed by atoms with van der Waals surface area (Å²) in [4.78, 5) is 12.4. The topological polar surface area (TPSA) is 17.1 Å². The quantitative estimate of drug-likeness (QED) is 0.811. The summed E-state index contributed by atoms with van der Waals surface area (Å²) in [7, 11) is 0. The van der Waals surface area contributed by atoms with Crippen LogP contribution in [0.25, 0.3) is 0 Å². The van der Waals surface area contributed by atoms with Gasteiger partial charge in [0.05, 0.1) is 4.75 Å². The van der Waals surface area contributed by atoms with Gasteiger partial charge < -0.3 is 0 Å². The Hall–Kier alpha value is -0.760. The number of carbonyl (C=O) groups excluding carboxylic acids is 1. The molecule has 2 rings (SSSR count). The zero-order valence-corrected chi connectivity index (χ0v) is 11.7. The number of hydrogen-bond donors (Lipinski definition) is 0. The second-order valence-corrected chi connectivity index (χ2v) is 6.75. The number of Topliss-reactive ketones (excluding diaryl/α,β-unsaturated/α-hetero) is 1. The van der Waals surface area contributed by atoms with Crippen molar-refractivity contribution in [3.05, 3.63) is 34.9 Å². The van der Waals surface area contributed by atoms with Crippen LogP contribution in [0.15, 0.2) is 18.2 Å². The Labute approximate surface area is 108 Å². The van der Waals surface area contributed by atoms with Crippen molar-refractivity contribution in [2.45, 2.75) is 44.8 Å². The zero-order valence-electron chi connectivity index (χ0n) is 10.9. The van der Waals surface area contributed by atoms with Crippen LogP contribution in [0.5, 0.6) is 0 Å². The molecule has 1 atom stereocenters. The minimum absolute atomic E-state index is 0.130. The lowest BCUT2D eigenvalue weighted by atomic mass is 9.91. The van der Waals surface area contributed by atoms with Crippen molar-refractivity contribution in [1.29, 1.82) is 0 Å². The summed E-state index contributed by atoms with van der Waals surface area (Å²) < 4.78 is -0.130. The first-order chi connectivity index (χ1) is 8.03. The van der Waals surface area contributed by atoms with E-state index < -0.39 is 0 Å². The highest BCUT2D eigenvalue weighted by molar-refractivity contribution is 8.01. The molecule has 1 saturated heterocycles. The summed E-state index contributed by atoms with van der Waals surface area (Å²) in [5.74, 6) is 1.53. The Balaban J connectivity index is 2.18. The third-order valence-corrected chi connectivity index (χ3v) is 5.35. The van der Waals surface area contributed by atoms with E-state index in [-0.39, 0.29) is 4.75 Å². The Bertz CT molecular complexity index is 410. The highest BCUT2D eigenvalue weighted by atomic mass is 32.2. The number of ketones is 1. The molecule has 0 N–H and O–H groups in total. The molecule has 92 valence electrons. The van der Waals surface area contributed by atoms with Gasteiger partial charge in [-0.3, -0.25) is 4.79 Å². The molecule has 0 aromatic heterocycles. The Morgan fingerprint density at radius 3 is 2.53 bits per heavy atom. The first kappa shape index (κ1) is 12.7. The highest BCUT2D eigenvalue weighted by Crippen LogP contribution is 2.39. The van der Waals surface area contributed by atoms with Gasteiger partial charge in [-0.25, -0.2) is 0 Å². The van der Waals surface area contributed by atoms with E-state index in [9.17, 15) is 4.79 Å². The fourth-order valence-electron chi connectivity index (χ4n) is 2.47. The van der Waals surface area contributed by atoms with Gasteiger partial charge >= 0.3 is 0 Å². The minimum atomic E-state index is -0.130. The van der Waals surface area contributed by atoms with Crippen molar-refractivity contribution in [1.82, 2.24) is 0 Å². The lowest BCUT2D eigenvalue weighted by molar-refractivity contribution is -0.120. The van der Waals surface area contributed by atoms with Crippen LogP contribution in [-0.2, 0) is 11.2 Å². The zero-order chi connectivity index (χ0) is 12.5. The number of thioether (sulfide) groups is 1. The number of benzene rings is 1. The Morgan fingerprint density at radius 2 is 2.00 bits per heavy atom. The number of aryl methyl sites for hydroxylation is 2. The van der Waals surface area contributed by atoms with Gasteiger partial charge in [-0.05, 0) is 56.1 Å². The van der Waals surface area contributed by atoms with Crippen molar-refractivity contribution in [2.75, 3.05) is 5.75 Å². The van der Waals surface area contributed by atoms with E-state index in [2.05, 4.69) is 39.0 Å².